The number of hydrogen-bond donors (Lipinski definition) is 1. The summed E-state index contributed by atoms with van der Waals surface area (Å²) in [6.07, 6.45) is 3.78. The molecule has 114 valence electrons. The molecule has 21 heavy (non-hydrogen) atoms. The summed E-state index contributed by atoms with van der Waals surface area (Å²) in [7, 11) is 0. The fraction of sp³-hybridized carbons (Fsp3) is 0.500. The predicted octanol–water partition coefficient (Wildman–Crippen LogP) is 2.71. The van der Waals surface area contributed by atoms with Gasteiger partial charge in [0.1, 0.15) is 0 Å². The molecule has 0 aliphatic carbocycles. The van der Waals surface area contributed by atoms with Crippen LogP contribution in [0.5, 0.6) is 0 Å². The molecule has 0 unspecified atom stereocenters. The number of carbonyl (C=O) groups excluding carboxylic acids is 2. The normalized spacial score (nSPS) is 14.8. The lowest BCUT2D eigenvalue weighted by Crippen LogP contribution is -2.37. The first kappa shape index (κ1) is 16.0. The molecular weight excluding hydrogens is 332 g/mol. The van der Waals surface area contributed by atoms with Crippen LogP contribution in [0.15, 0.2) is 24.3 Å². The van der Waals surface area contributed by atoms with Crippen molar-refractivity contribution in [3.05, 3.63) is 35.4 Å². The molecule has 2 rings (SSSR count). The molecule has 1 N–H and O–H groups in total. The van der Waals surface area contributed by atoms with Gasteiger partial charge in [-0.15, -0.1) is 0 Å². The van der Waals surface area contributed by atoms with Gasteiger partial charge >= 0.3 is 0 Å². The first-order chi connectivity index (χ1) is 10.2. The minimum atomic E-state index is -0.123. The van der Waals surface area contributed by atoms with Gasteiger partial charge in [0.15, 0.2) is 0 Å². The van der Waals surface area contributed by atoms with Gasteiger partial charge in [-0.2, -0.15) is 0 Å². The van der Waals surface area contributed by atoms with E-state index in [1.165, 1.54) is 6.42 Å². The van der Waals surface area contributed by atoms with E-state index in [0.717, 1.165) is 36.8 Å². The Kier molecular flexibility index (Phi) is 6.23. The van der Waals surface area contributed by atoms with Crippen molar-refractivity contribution in [2.24, 2.45) is 0 Å². The summed E-state index contributed by atoms with van der Waals surface area (Å²) in [5.41, 5.74) is 1.76. The minimum absolute atomic E-state index is 0.123. The molecule has 1 saturated heterocycles. The second kappa shape index (κ2) is 8.17. The molecule has 1 aliphatic heterocycles. The minimum Gasteiger partial charge on any atom is -0.352 e. The first-order valence-corrected chi connectivity index (χ1v) is 8.54. The zero-order valence-electron chi connectivity index (χ0n) is 12.1. The van der Waals surface area contributed by atoms with Crippen molar-refractivity contribution in [2.45, 2.75) is 31.0 Å². The monoisotopic (exact) mass is 352 g/mol. The molecule has 4 nitrogen and oxygen atoms in total. The maximum atomic E-state index is 12.0. The van der Waals surface area contributed by atoms with E-state index in [1.54, 1.807) is 12.1 Å². The molecular formula is C16H21BrN2O2. The number of nitrogens with zero attached hydrogens (tertiary/aromatic N) is 1. The quantitative estimate of drug-likeness (QED) is 0.828. The van der Waals surface area contributed by atoms with Crippen LogP contribution in [-0.2, 0) is 10.1 Å². The van der Waals surface area contributed by atoms with Gasteiger partial charge in [-0.1, -0.05) is 28.1 Å². The van der Waals surface area contributed by atoms with Crippen LogP contribution in [0.2, 0.25) is 0 Å². The van der Waals surface area contributed by atoms with Crippen LogP contribution in [-0.4, -0.2) is 36.3 Å². The number of alkyl halides is 1. The Balaban J connectivity index is 1.74. The van der Waals surface area contributed by atoms with Crippen molar-refractivity contribution in [3.8, 4) is 0 Å². The number of hydrogen-bond acceptors (Lipinski definition) is 2. The standard InChI is InChI=1S/C16H21BrN2O2/c17-12-13-4-6-14(7-5-13)16(21)18-9-8-15(20)19-10-2-1-3-11-19/h4-7H,1-3,8-12H2,(H,18,21). The van der Waals surface area contributed by atoms with Crippen molar-refractivity contribution in [1.29, 1.82) is 0 Å². The van der Waals surface area contributed by atoms with Crippen LogP contribution in [0.4, 0.5) is 0 Å². The molecule has 1 aliphatic rings. The number of carbonyl (C=O) groups is 2. The Labute approximate surface area is 134 Å². The van der Waals surface area contributed by atoms with Gasteiger partial charge in [0.05, 0.1) is 0 Å². The molecule has 0 saturated carbocycles. The SMILES string of the molecule is O=C(NCCC(=O)N1CCCCC1)c1ccc(CBr)cc1. The Bertz CT molecular complexity index is 482. The van der Waals surface area contributed by atoms with Gasteiger partial charge in [0.25, 0.3) is 5.91 Å². The van der Waals surface area contributed by atoms with Crippen LogP contribution in [0, 0.1) is 0 Å². The lowest BCUT2D eigenvalue weighted by atomic mass is 10.1. The zero-order valence-corrected chi connectivity index (χ0v) is 13.7. The third-order valence-electron chi connectivity index (χ3n) is 3.70. The van der Waals surface area contributed by atoms with E-state index in [2.05, 4.69) is 21.2 Å². The highest BCUT2D eigenvalue weighted by molar-refractivity contribution is 9.08. The van der Waals surface area contributed by atoms with Crippen LogP contribution >= 0.6 is 15.9 Å². The van der Waals surface area contributed by atoms with Gasteiger partial charge in [0.2, 0.25) is 5.91 Å². The summed E-state index contributed by atoms with van der Waals surface area (Å²) in [6, 6.07) is 7.45. The maximum absolute atomic E-state index is 12.0. The molecule has 1 heterocycles. The van der Waals surface area contributed by atoms with Gasteiger partial charge in [-0.3, -0.25) is 9.59 Å². The summed E-state index contributed by atoms with van der Waals surface area (Å²) in [5, 5.41) is 3.59. The number of rotatable bonds is 5. The van der Waals surface area contributed by atoms with Crippen LogP contribution < -0.4 is 5.32 Å². The smallest absolute Gasteiger partial charge is 0.251 e. The van der Waals surface area contributed by atoms with Crippen molar-refractivity contribution in [3.63, 3.8) is 0 Å². The molecule has 1 aromatic rings. The fourth-order valence-corrected chi connectivity index (χ4v) is 2.81. The highest BCUT2D eigenvalue weighted by atomic mass is 79.9. The molecule has 0 spiro atoms. The van der Waals surface area contributed by atoms with E-state index in [9.17, 15) is 9.59 Å². The molecule has 0 atom stereocenters. The van der Waals surface area contributed by atoms with Crippen LogP contribution in [0.3, 0.4) is 0 Å². The third-order valence-corrected chi connectivity index (χ3v) is 4.35. The van der Waals surface area contributed by atoms with Crippen molar-refractivity contribution >= 4 is 27.7 Å². The highest BCUT2D eigenvalue weighted by Crippen LogP contribution is 2.10. The topological polar surface area (TPSA) is 49.4 Å². The Morgan fingerprint density at radius 2 is 1.76 bits per heavy atom. The van der Waals surface area contributed by atoms with Gasteiger partial charge in [-0.25, -0.2) is 0 Å². The molecule has 0 bridgehead atoms. The number of amides is 2. The molecule has 1 fully saturated rings. The predicted molar refractivity (Wildman–Crippen MR) is 86.5 cm³/mol. The summed E-state index contributed by atoms with van der Waals surface area (Å²) >= 11 is 3.37. The van der Waals surface area contributed by atoms with E-state index in [0.29, 0.717) is 18.5 Å². The van der Waals surface area contributed by atoms with Gasteiger partial charge in [0, 0.05) is 36.9 Å². The van der Waals surface area contributed by atoms with Gasteiger partial charge < -0.3 is 10.2 Å². The van der Waals surface area contributed by atoms with Crippen molar-refractivity contribution in [2.75, 3.05) is 19.6 Å². The van der Waals surface area contributed by atoms with Crippen LogP contribution in [0.1, 0.15) is 41.6 Å². The van der Waals surface area contributed by atoms with Crippen LogP contribution in [0.25, 0.3) is 0 Å². The average Bonchev–Trinajstić information content (AvgIpc) is 2.55. The Morgan fingerprint density at radius 1 is 1.10 bits per heavy atom. The summed E-state index contributed by atoms with van der Waals surface area (Å²) in [5.74, 6) is 0.0206. The third kappa shape index (κ3) is 4.84. The van der Waals surface area contributed by atoms with E-state index in [4.69, 9.17) is 0 Å². The summed E-state index contributed by atoms with van der Waals surface area (Å²) < 4.78 is 0. The van der Waals surface area contributed by atoms with Crippen molar-refractivity contribution < 1.29 is 9.59 Å². The molecule has 2 amide bonds. The fourth-order valence-electron chi connectivity index (χ4n) is 2.43. The summed E-state index contributed by atoms with van der Waals surface area (Å²) in [6.45, 7) is 2.12. The van der Waals surface area contributed by atoms with E-state index < -0.39 is 0 Å². The number of likely N-dealkylation sites (tertiary alicyclic amines) is 1. The van der Waals surface area contributed by atoms with Crippen molar-refractivity contribution in [1.82, 2.24) is 10.2 Å². The van der Waals surface area contributed by atoms with Gasteiger partial charge in [-0.05, 0) is 37.0 Å². The van der Waals surface area contributed by atoms with E-state index in [1.807, 2.05) is 17.0 Å². The molecule has 5 heteroatoms. The number of benzene rings is 1. The average molecular weight is 353 g/mol. The first-order valence-electron chi connectivity index (χ1n) is 7.41. The second-order valence-corrected chi connectivity index (χ2v) is 5.84. The second-order valence-electron chi connectivity index (χ2n) is 5.28. The molecule has 0 radical (unpaired) electrons. The zero-order chi connectivity index (χ0) is 15.1. The molecule has 1 aromatic carbocycles. The lowest BCUT2D eigenvalue weighted by molar-refractivity contribution is -0.131. The number of piperidine rings is 1. The lowest BCUT2D eigenvalue weighted by Gasteiger charge is -2.26. The van der Waals surface area contributed by atoms with E-state index >= 15 is 0 Å². The highest BCUT2D eigenvalue weighted by Gasteiger charge is 2.16. The molecule has 0 aromatic heterocycles. The van der Waals surface area contributed by atoms with E-state index in [-0.39, 0.29) is 11.8 Å². The Morgan fingerprint density at radius 3 is 2.38 bits per heavy atom. The number of halogens is 1. The summed E-state index contributed by atoms with van der Waals surface area (Å²) in [4.78, 5) is 25.8. The number of nitrogens with one attached hydrogen (secondary N) is 1. The largest absolute Gasteiger partial charge is 0.352 e. The maximum Gasteiger partial charge on any atom is 0.251 e. The Hall–Kier alpha value is -1.36.